The number of nitrogens with zero attached hydrogens (tertiary/aromatic N) is 1. The Balaban J connectivity index is 2.48. The number of rotatable bonds is 6. The Bertz CT molecular complexity index is 853. The van der Waals surface area contributed by atoms with E-state index in [0.29, 0.717) is 0 Å². The number of hydrogen-bond donors (Lipinski definition) is 0. The van der Waals surface area contributed by atoms with Gasteiger partial charge in [-0.2, -0.15) is 0 Å². The summed E-state index contributed by atoms with van der Waals surface area (Å²) in [4.78, 5) is 11.9. The number of carbonyl (C=O) groups excluding carboxylic acids is 1. The fourth-order valence-electron chi connectivity index (χ4n) is 2.10. The molecule has 8 heteroatoms. The van der Waals surface area contributed by atoms with Crippen LogP contribution in [0.1, 0.15) is 13.8 Å². The summed E-state index contributed by atoms with van der Waals surface area (Å²) >= 11 is 6.11. The van der Waals surface area contributed by atoms with Gasteiger partial charge in [0.05, 0.1) is 21.7 Å². The maximum atomic E-state index is 13.1. The van der Waals surface area contributed by atoms with Gasteiger partial charge in [0.25, 0.3) is 10.0 Å². The van der Waals surface area contributed by atoms with Gasteiger partial charge < -0.3 is 4.74 Å². The molecule has 5 nitrogen and oxygen atoms in total. The second-order valence-electron chi connectivity index (χ2n) is 5.46. The molecule has 0 aliphatic heterocycles. The van der Waals surface area contributed by atoms with Crippen molar-refractivity contribution in [2.24, 2.45) is 0 Å². The average Bonchev–Trinajstić information content (AvgIpc) is 2.53. The van der Waals surface area contributed by atoms with Crippen LogP contribution < -0.4 is 4.31 Å². The summed E-state index contributed by atoms with van der Waals surface area (Å²) in [6, 6.07) is 10.5. The Labute approximate surface area is 151 Å². The van der Waals surface area contributed by atoms with E-state index in [1.807, 2.05) is 0 Å². The summed E-state index contributed by atoms with van der Waals surface area (Å²) in [7, 11) is -4.14. The van der Waals surface area contributed by atoms with Crippen molar-refractivity contribution >= 4 is 33.3 Å². The number of benzene rings is 2. The predicted molar refractivity (Wildman–Crippen MR) is 93.6 cm³/mol. The minimum Gasteiger partial charge on any atom is -0.462 e. The van der Waals surface area contributed by atoms with Gasteiger partial charge in [0.2, 0.25) is 0 Å². The third-order valence-corrected chi connectivity index (χ3v) is 5.26. The number of hydrogen-bond acceptors (Lipinski definition) is 4. The van der Waals surface area contributed by atoms with Crippen LogP contribution in [0.5, 0.6) is 0 Å². The number of sulfonamides is 1. The Kier molecular flexibility index (Phi) is 6.02. The molecular weight excluding hydrogens is 369 g/mol. The zero-order valence-corrected chi connectivity index (χ0v) is 15.2. The zero-order chi connectivity index (χ0) is 18.6. The third kappa shape index (κ3) is 4.70. The summed E-state index contributed by atoms with van der Waals surface area (Å²) in [6.07, 6.45) is -0.394. The molecule has 0 spiro atoms. The van der Waals surface area contributed by atoms with Gasteiger partial charge in [-0.25, -0.2) is 12.8 Å². The molecule has 2 aromatic rings. The van der Waals surface area contributed by atoms with Crippen LogP contribution in [0.3, 0.4) is 0 Å². The number of halogens is 2. The van der Waals surface area contributed by atoms with Gasteiger partial charge in [0.1, 0.15) is 12.4 Å². The van der Waals surface area contributed by atoms with Crippen molar-refractivity contribution in [1.82, 2.24) is 0 Å². The van der Waals surface area contributed by atoms with Crippen LogP contribution in [0.25, 0.3) is 0 Å². The van der Waals surface area contributed by atoms with E-state index in [1.165, 1.54) is 12.1 Å². The monoisotopic (exact) mass is 385 g/mol. The van der Waals surface area contributed by atoms with Gasteiger partial charge in [-0.1, -0.05) is 23.7 Å². The van der Waals surface area contributed by atoms with Gasteiger partial charge in [-0.15, -0.1) is 0 Å². The summed E-state index contributed by atoms with van der Waals surface area (Å²) < 4.78 is 44.9. The molecule has 0 saturated heterocycles. The molecule has 0 heterocycles. The van der Waals surface area contributed by atoms with Gasteiger partial charge in [-0.3, -0.25) is 9.10 Å². The number of ether oxygens (including phenoxy) is 1. The highest BCUT2D eigenvalue weighted by Gasteiger charge is 2.29. The summed E-state index contributed by atoms with van der Waals surface area (Å²) in [5.74, 6) is -1.29. The smallest absolute Gasteiger partial charge is 0.327 e. The molecule has 0 radical (unpaired) electrons. The van der Waals surface area contributed by atoms with Crippen molar-refractivity contribution in [1.29, 1.82) is 0 Å². The van der Waals surface area contributed by atoms with Crippen molar-refractivity contribution in [3.8, 4) is 0 Å². The lowest BCUT2D eigenvalue weighted by atomic mass is 10.3. The minimum atomic E-state index is -4.14. The van der Waals surface area contributed by atoms with Gasteiger partial charge >= 0.3 is 5.97 Å². The van der Waals surface area contributed by atoms with Crippen molar-refractivity contribution in [2.45, 2.75) is 24.8 Å². The standard InChI is InChI=1S/C17H17ClFNO4S/c1-12(2)24-17(21)11-20(16-6-4-3-5-15(16)18)25(22,23)14-9-7-13(19)8-10-14/h3-10,12H,11H2,1-2H3. The van der Waals surface area contributed by atoms with E-state index in [-0.39, 0.29) is 15.6 Å². The molecule has 0 atom stereocenters. The van der Waals surface area contributed by atoms with Gasteiger partial charge in [0, 0.05) is 0 Å². The first-order valence-electron chi connectivity index (χ1n) is 7.44. The largest absolute Gasteiger partial charge is 0.462 e. The summed E-state index contributed by atoms with van der Waals surface area (Å²) in [6.45, 7) is 2.76. The van der Waals surface area contributed by atoms with E-state index in [4.69, 9.17) is 16.3 Å². The molecule has 0 N–H and O–H groups in total. The molecule has 2 rings (SSSR count). The molecule has 0 bridgehead atoms. The second-order valence-corrected chi connectivity index (χ2v) is 7.73. The summed E-state index contributed by atoms with van der Waals surface area (Å²) in [5, 5.41) is 0.158. The average molecular weight is 386 g/mol. The van der Waals surface area contributed by atoms with E-state index in [2.05, 4.69) is 0 Å². The molecule has 0 fully saturated rings. The highest BCUT2D eigenvalue weighted by Crippen LogP contribution is 2.30. The Morgan fingerprint density at radius 3 is 2.32 bits per heavy atom. The quantitative estimate of drug-likeness (QED) is 0.712. The number of esters is 1. The molecule has 0 unspecified atom stereocenters. The van der Waals surface area contributed by atoms with Crippen LogP contribution in [-0.4, -0.2) is 27.0 Å². The van der Waals surface area contributed by atoms with Crippen molar-refractivity contribution in [3.63, 3.8) is 0 Å². The fraction of sp³-hybridized carbons (Fsp3) is 0.235. The van der Waals surface area contributed by atoms with Crippen LogP contribution in [0.15, 0.2) is 53.4 Å². The maximum absolute atomic E-state index is 13.1. The van der Waals surface area contributed by atoms with Crippen molar-refractivity contribution in [3.05, 3.63) is 59.4 Å². The van der Waals surface area contributed by atoms with Crippen LogP contribution >= 0.6 is 11.6 Å². The van der Waals surface area contributed by atoms with Crippen LogP contribution in [0.4, 0.5) is 10.1 Å². The highest BCUT2D eigenvalue weighted by atomic mass is 35.5. The lowest BCUT2D eigenvalue weighted by Gasteiger charge is -2.25. The van der Waals surface area contributed by atoms with Gasteiger partial charge in [0.15, 0.2) is 0 Å². The molecule has 0 aromatic heterocycles. The molecule has 0 amide bonds. The van der Waals surface area contributed by atoms with Crippen LogP contribution in [-0.2, 0) is 19.6 Å². The Morgan fingerprint density at radius 1 is 1.16 bits per heavy atom. The molecular formula is C17H17ClFNO4S. The molecule has 0 aliphatic rings. The lowest BCUT2D eigenvalue weighted by Crippen LogP contribution is -2.37. The molecule has 134 valence electrons. The summed E-state index contributed by atoms with van der Waals surface area (Å²) in [5.41, 5.74) is 0.134. The van der Waals surface area contributed by atoms with Crippen molar-refractivity contribution < 1.29 is 22.3 Å². The molecule has 2 aromatic carbocycles. The topological polar surface area (TPSA) is 63.7 Å². The van der Waals surface area contributed by atoms with E-state index >= 15 is 0 Å². The number of anilines is 1. The van der Waals surface area contributed by atoms with E-state index in [9.17, 15) is 17.6 Å². The molecule has 0 saturated carbocycles. The fourth-order valence-corrected chi connectivity index (χ4v) is 3.82. The minimum absolute atomic E-state index is 0.134. The molecule has 0 aliphatic carbocycles. The third-order valence-electron chi connectivity index (χ3n) is 3.16. The molecule has 25 heavy (non-hydrogen) atoms. The van der Waals surface area contributed by atoms with Crippen molar-refractivity contribution in [2.75, 3.05) is 10.8 Å². The predicted octanol–water partition coefficient (Wildman–Crippen LogP) is 3.63. The maximum Gasteiger partial charge on any atom is 0.327 e. The number of carbonyl (C=O) groups is 1. The SMILES string of the molecule is CC(C)OC(=O)CN(c1ccccc1Cl)S(=O)(=O)c1ccc(F)cc1. The first-order valence-corrected chi connectivity index (χ1v) is 9.26. The second kappa shape index (κ2) is 7.84. The normalized spacial score (nSPS) is 11.4. The Hall–Kier alpha value is -2.12. The number of para-hydroxylation sites is 1. The lowest BCUT2D eigenvalue weighted by molar-refractivity contribution is -0.145. The van der Waals surface area contributed by atoms with Gasteiger partial charge in [-0.05, 0) is 50.2 Å². The van der Waals surface area contributed by atoms with Crippen LogP contribution in [0, 0.1) is 5.82 Å². The van der Waals surface area contributed by atoms with E-state index < -0.39 is 34.5 Å². The van der Waals surface area contributed by atoms with E-state index in [1.54, 1.807) is 26.0 Å². The first kappa shape index (κ1) is 19.2. The first-order chi connectivity index (χ1) is 11.7. The zero-order valence-electron chi connectivity index (χ0n) is 13.6. The van der Waals surface area contributed by atoms with Crippen LogP contribution in [0.2, 0.25) is 5.02 Å². The van der Waals surface area contributed by atoms with E-state index in [0.717, 1.165) is 28.6 Å². The highest BCUT2D eigenvalue weighted by molar-refractivity contribution is 7.92. The Morgan fingerprint density at radius 2 is 1.76 bits per heavy atom.